The average Bonchev–Trinajstić information content (AvgIpc) is 3.82. The summed E-state index contributed by atoms with van der Waals surface area (Å²) in [5, 5.41) is 7.99. The predicted octanol–water partition coefficient (Wildman–Crippen LogP) is 12.5. The molecule has 0 radical (unpaired) electrons. The van der Waals surface area contributed by atoms with E-state index in [1.54, 1.807) is 0 Å². The molecule has 0 saturated heterocycles. The lowest BCUT2D eigenvalue weighted by Gasteiger charge is -2.25. The molecule has 8 aromatic carbocycles. The fourth-order valence-corrected chi connectivity index (χ4v) is 8.14. The zero-order valence-corrected chi connectivity index (χ0v) is 30.2. The molecule has 2 aromatic heterocycles. The summed E-state index contributed by atoms with van der Waals surface area (Å²) >= 11 is 0. The maximum Gasteiger partial charge on any atom is 0.159 e. The van der Waals surface area contributed by atoms with Crippen molar-refractivity contribution in [1.82, 2.24) is 9.88 Å². The van der Waals surface area contributed by atoms with E-state index in [4.69, 9.17) is 15.8 Å². The Balaban J connectivity index is 1.21. The van der Waals surface area contributed by atoms with E-state index in [0.717, 1.165) is 88.4 Å². The van der Waals surface area contributed by atoms with Crippen molar-refractivity contribution in [2.45, 2.75) is 6.17 Å². The van der Waals surface area contributed by atoms with E-state index < -0.39 is 0 Å². The zero-order chi connectivity index (χ0) is 37.9. The molecule has 1 atom stereocenters. The van der Waals surface area contributed by atoms with Crippen LogP contribution >= 0.6 is 0 Å². The van der Waals surface area contributed by atoms with E-state index in [-0.39, 0.29) is 6.17 Å². The van der Waals surface area contributed by atoms with E-state index in [1.807, 2.05) is 66.7 Å². The number of nitrogens with zero attached hydrogens (tertiary/aromatic N) is 3. The molecular formula is C51H34N4O. The first-order valence-electron chi connectivity index (χ1n) is 19.4. The maximum absolute atomic E-state index is 8.66. The summed E-state index contributed by atoms with van der Waals surface area (Å²) in [6, 6.07) is 65.1. The third kappa shape index (κ3) is 5.32. The minimum atomic E-state index is -0.362. The minimum absolute atomic E-state index is 0.362. The van der Waals surface area contributed by atoms with E-state index in [1.165, 1.54) is 0 Å². The Kier molecular flexibility index (Phi) is 7.24. The number of amidine groups is 2. The fraction of sp³-hybridized carbons (Fsp3) is 0.0196. The van der Waals surface area contributed by atoms with Crippen molar-refractivity contribution < 1.29 is 5.79 Å². The molecule has 0 fully saturated rings. The molecule has 264 valence electrons. The van der Waals surface area contributed by atoms with Crippen molar-refractivity contribution in [1.29, 1.82) is 0 Å². The Bertz CT molecular complexity index is 3220. The smallest absolute Gasteiger partial charge is 0.159 e. The first-order valence-corrected chi connectivity index (χ1v) is 18.9. The van der Waals surface area contributed by atoms with Crippen LogP contribution in [0.3, 0.4) is 0 Å². The Morgan fingerprint density at radius 2 is 1.23 bits per heavy atom. The van der Waals surface area contributed by atoms with Crippen LogP contribution in [-0.2, 0) is 0 Å². The fourth-order valence-electron chi connectivity index (χ4n) is 8.14. The summed E-state index contributed by atoms with van der Waals surface area (Å²) in [5.41, 5.74) is 11.8. The van der Waals surface area contributed by atoms with Crippen molar-refractivity contribution in [3.8, 4) is 27.9 Å². The van der Waals surface area contributed by atoms with Gasteiger partial charge < -0.3 is 14.3 Å². The highest BCUT2D eigenvalue weighted by atomic mass is 16.3. The third-order valence-electron chi connectivity index (χ3n) is 10.8. The summed E-state index contributed by atoms with van der Waals surface area (Å²) in [5.74, 6) is 1.38. The average molecular weight is 720 g/mol. The first-order chi connectivity index (χ1) is 28.2. The highest BCUT2D eigenvalue weighted by Crippen LogP contribution is 2.40. The monoisotopic (exact) mass is 719 g/mol. The van der Waals surface area contributed by atoms with Gasteiger partial charge in [-0.2, -0.15) is 0 Å². The van der Waals surface area contributed by atoms with Gasteiger partial charge in [0.15, 0.2) is 5.84 Å². The van der Waals surface area contributed by atoms with Crippen molar-refractivity contribution >= 4 is 55.4 Å². The molecule has 0 bridgehead atoms. The highest BCUT2D eigenvalue weighted by Gasteiger charge is 2.25. The van der Waals surface area contributed by atoms with Crippen LogP contribution in [-0.4, -0.2) is 16.2 Å². The quantitative estimate of drug-likeness (QED) is 0.186. The molecule has 3 heterocycles. The Labute approximate surface area is 324 Å². The highest BCUT2D eigenvalue weighted by molar-refractivity contribution is 6.17. The number of nitrogens with one attached hydrogen (secondary N) is 1. The summed E-state index contributed by atoms with van der Waals surface area (Å²) in [6.07, 6.45) is -0.362. The molecular weight excluding hydrogens is 685 g/mol. The van der Waals surface area contributed by atoms with Crippen molar-refractivity contribution in [3.05, 3.63) is 211 Å². The molecule has 1 aliphatic heterocycles. The molecule has 10 aromatic rings. The lowest BCUT2D eigenvalue weighted by atomic mass is 9.98. The summed E-state index contributed by atoms with van der Waals surface area (Å²) in [4.78, 5) is 10.4. The molecule has 0 saturated carbocycles. The molecule has 5 nitrogen and oxygen atoms in total. The van der Waals surface area contributed by atoms with Crippen LogP contribution in [0.4, 0.5) is 0 Å². The molecule has 56 heavy (non-hydrogen) atoms. The summed E-state index contributed by atoms with van der Waals surface area (Å²) < 4.78 is 17.6. The van der Waals surface area contributed by atoms with Gasteiger partial charge >= 0.3 is 0 Å². The van der Waals surface area contributed by atoms with E-state index in [9.17, 15) is 0 Å². The predicted molar refractivity (Wildman–Crippen MR) is 231 cm³/mol. The minimum Gasteiger partial charge on any atom is -0.455 e. The lowest BCUT2D eigenvalue weighted by Crippen LogP contribution is -2.34. The van der Waals surface area contributed by atoms with E-state index in [0.29, 0.717) is 17.7 Å². The van der Waals surface area contributed by atoms with Crippen LogP contribution in [0.5, 0.6) is 0 Å². The third-order valence-corrected chi connectivity index (χ3v) is 10.8. The van der Waals surface area contributed by atoms with Gasteiger partial charge in [-0.15, -0.1) is 0 Å². The van der Waals surface area contributed by atoms with Gasteiger partial charge in [-0.05, 0) is 52.6 Å². The van der Waals surface area contributed by atoms with Gasteiger partial charge in [-0.1, -0.05) is 164 Å². The van der Waals surface area contributed by atoms with Gasteiger partial charge in [0.05, 0.1) is 18.1 Å². The number of rotatable bonds is 6. The SMILES string of the molecule is [2H]c1ccc2c(c1)c1ccc(-c3ccccc3)cc1n2-c1cc(-c2cccc3c2oc2ccccc23)ccc1C1=NC(c2ccccc2)=NC(c2ccccc2)N1. The molecule has 1 aliphatic rings. The molecule has 11 rings (SSSR count). The second-order valence-corrected chi connectivity index (χ2v) is 14.1. The van der Waals surface area contributed by atoms with Crippen LogP contribution in [0.15, 0.2) is 209 Å². The summed E-state index contributed by atoms with van der Waals surface area (Å²) in [6.45, 7) is 0. The lowest BCUT2D eigenvalue weighted by molar-refractivity contribution is 0.670. The normalized spacial score (nSPS) is 14.5. The number of aliphatic imine (C=N–C) groups is 2. The second-order valence-electron chi connectivity index (χ2n) is 14.1. The summed E-state index contributed by atoms with van der Waals surface area (Å²) in [7, 11) is 0. The number of fused-ring (bicyclic) bond motifs is 6. The molecule has 1 unspecified atom stereocenters. The number of hydrogen-bond acceptors (Lipinski definition) is 4. The topological polar surface area (TPSA) is 54.8 Å². The van der Waals surface area contributed by atoms with Crippen LogP contribution in [0.25, 0.3) is 71.7 Å². The van der Waals surface area contributed by atoms with E-state index in [2.05, 4.69) is 131 Å². The number of para-hydroxylation sites is 3. The van der Waals surface area contributed by atoms with Crippen LogP contribution in [0, 0.1) is 0 Å². The largest absolute Gasteiger partial charge is 0.455 e. The maximum atomic E-state index is 8.66. The number of furan rings is 1. The molecule has 5 heteroatoms. The van der Waals surface area contributed by atoms with Crippen molar-refractivity contribution in [2.75, 3.05) is 0 Å². The molecule has 0 amide bonds. The van der Waals surface area contributed by atoms with Gasteiger partial charge in [0.2, 0.25) is 0 Å². The second kappa shape index (κ2) is 13.1. The first kappa shape index (κ1) is 30.9. The Morgan fingerprint density at radius 1 is 0.518 bits per heavy atom. The van der Waals surface area contributed by atoms with Gasteiger partial charge in [0, 0.05) is 38.2 Å². The van der Waals surface area contributed by atoms with Gasteiger partial charge in [0.25, 0.3) is 0 Å². The zero-order valence-electron chi connectivity index (χ0n) is 31.2. The van der Waals surface area contributed by atoms with Crippen molar-refractivity contribution in [3.63, 3.8) is 0 Å². The molecule has 0 spiro atoms. The van der Waals surface area contributed by atoms with Gasteiger partial charge in [-0.25, -0.2) is 9.98 Å². The standard InChI is InChI=1S/C51H34N4O/c1-4-15-33(16-5-1)36-27-29-40-39-21-10-12-25-44(39)55(45(40)31-36)46-32-37(38-23-14-24-42-41-22-11-13-26-47(41)56-48(38)42)28-30-43(46)51-53-49(34-17-6-2-7-18-34)52-50(54-51)35-19-8-3-9-20-35/h1-32,49H,(H,52,53,54)/i10D. The van der Waals surface area contributed by atoms with Crippen LogP contribution < -0.4 is 5.32 Å². The Morgan fingerprint density at radius 3 is 2.07 bits per heavy atom. The Hall–Kier alpha value is -7.50. The van der Waals surface area contributed by atoms with Crippen molar-refractivity contribution in [2.24, 2.45) is 9.98 Å². The van der Waals surface area contributed by atoms with Gasteiger partial charge in [0.1, 0.15) is 23.2 Å². The molecule has 0 aliphatic carbocycles. The number of hydrogen-bond donors (Lipinski definition) is 1. The van der Waals surface area contributed by atoms with Crippen LogP contribution in [0.1, 0.15) is 24.2 Å². The van der Waals surface area contributed by atoms with Crippen LogP contribution in [0.2, 0.25) is 0 Å². The van der Waals surface area contributed by atoms with Gasteiger partial charge in [-0.3, -0.25) is 0 Å². The van der Waals surface area contributed by atoms with E-state index >= 15 is 0 Å². The molecule has 1 N–H and O–H groups in total. The number of aromatic nitrogens is 1. The number of benzene rings is 8.